The molecule has 0 saturated carbocycles. The molecule has 0 bridgehead atoms. The molecule has 2 aromatic carbocycles. The summed E-state index contributed by atoms with van der Waals surface area (Å²) in [6, 6.07) is 17.8. The molecule has 7 heteroatoms. The molecule has 0 radical (unpaired) electrons. The maximum Gasteiger partial charge on any atom is 0.253 e. The molecular weight excluding hydrogens is 412 g/mol. The summed E-state index contributed by atoms with van der Waals surface area (Å²) in [7, 11) is 0. The molecule has 0 aliphatic carbocycles. The van der Waals surface area contributed by atoms with E-state index in [0.29, 0.717) is 18.7 Å². The number of carbonyl (C=O) groups is 1. The number of piperazine rings is 1. The van der Waals surface area contributed by atoms with Crippen LogP contribution in [-0.4, -0.2) is 56.5 Å². The predicted octanol–water partition coefficient (Wildman–Crippen LogP) is 4.21. The highest BCUT2D eigenvalue weighted by Crippen LogP contribution is 2.21. The van der Waals surface area contributed by atoms with Gasteiger partial charge in [-0.2, -0.15) is 0 Å². The van der Waals surface area contributed by atoms with Crippen molar-refractivity contribution in [2.45, 2.75) is 26.7 Å². The van der Waals surface area contributed by atoms with Crippen LogP contribution in [0.2, 0.25) is 0 Å². The van der Waals surface area contributed by atoms with E-state index in [9.17, 15) is 4.79 Å². The van der Waals surface area contributed by atoms with Crippen molar-refractivity contribution < 1.29 is 4.79 Å². The van der Waals surface area contributed by atoms with Crippen molar-refractivity contribution >= 4 is 22.8 Å². The first-order valence-electron chi connectivity index (χ1n) is 11.4. The van der Waals surface area contributed by atoms with E-state index in [2.05, 4.69) is 28.7 Å². The SMILES string of the molecule is Cc1cc(N2CCN(C(=O)c3ccc(-n4cnc5ccccc54)cc3)CC2)nc(C(C)C)n1. The van der Waals surface area contributed by atoms with E-state index in [1.54, 1.807) is 0 Å². The van der Waals surface area contributed by atoms with Crippen LogP contribution in [0.25, 0.3) is 16.7 Å². The maximum absolute atomic E-state index is 13.1. The number of anilines is 1. The van der Waals surface area contributed by atoms with Crippen LogP contribution in [0.4, 0.5) is 5.82 Å². The topological polar surface area (TPSA) is 67.2 Å². The van der Waals surface area contributed by atoms with Crippen LogP contribution < -0.4 is 4.90 Å². The number of hydrogen-bond acceptors (Lipinski definition) is 5. The van der Waals surface area contributed by atoms with Gasteiger partial charge < -0.3 is 9.80 Å². The van der Waals surface area contributed by atoms with Crippen molar-refractivity contribution in [2.75, 3.05) is 31.1 Å². The van der Waals surface area contributed by atoms with Gasteiger partial charge in [0.05, 0.1) is 11.0 Å². The van der Waals surface area contributed by atoms with E-state index in [4.69, 9.17) is 4.98 Å². The van der Waals surface area contributed by atoms with Gasteiger partial charge in [-0.05, 0) is 43.3 Å². The van der Waals surface area contributed by atoms with Crippen molar-refractivity contribution in [1.29, 1.82) is 0 Å². The minimum Gasteiger partial charge on any atom is -0.353 e. The van der Waals surface area contributed by atoms with Gasteiger partial charge in [0.1, 0.15) is 18.0 Å². The maximum atomic E-state index is 13.1. The number of imidazole rings is 1. The first-order valence-corrected chi connectivity index (χ1v) is 11.4. The fourth-order valence-electron chi connectivity index (χ4n) is 4.25. The summed E-state index contributed by atoms with van der Waals surface area (Å²) in [4.78, 5) is 31.0. The molecule has 2 aromatic heterocycles. The highest BCUT2D eigenvalue weighted by atomic mass is 16.2. The lowest BCUT2D eigenvalue weighted by Crippen LogP contribution is -2.49. The number of para-hydroxylation sites is 2. The lowest BCUT2D eigenvalue weighted by molar-refractivity contribution is 0.0746. The Morgan fingerprint density at radius 3 is 2.39 bits per heavy atom. The molecule has 0 spiro atoms. The van der Waals surface area contributed by atoms with Crippen molar-refractivity contribution in [2.24, 2.45) is 0 Å². The molecule has 1 fully saturated rings. The molecule has 1 aliphatic heterocycles. The largest absolute Gasteiger partial charge is 0.353 e. The third-order valence-electron chi connectivity index (χ3n) is 6.11. The highest BCUT2D eigenvalue weighted by Gasteiger charge is 2.23. The molecule has 168 valence electrons. The fraction of sp³-hybridized carbons (Fsp3) is 0.308. The third kappa shape index (κ3) is 4.18. The number of fused-ring (bicyclic) bond motifs is 1. The van der Waals surface area contributed by atoms with Crippen molar-refractivity contribution in [3.05, 3.63) is 78.0 Å². The normalized spacial score (nSPS) is 14.3. The van der Waals surface area contributed by atoms with Crippen LogP contribution in [0, 0.1) is 6.92 Å². The second-order valence-electron chi connectivity index (χ2n) is 8.81. The Morgan fingerprint density at radius 1 is 0.939 bits per heavy atom. The number of hydrogen-bond donors (Lipinski definition) is 0. The number of benzene rings is 2. The smallest absolute Gasteiger partial charge is 0.253 e. The Labute approximate surface area is 193 Å². The van der Waals surface area contributed by atoms with Crippen LogP contribution in [0.15, 0.2) is 60.9 Å². The lowest BCUT2D eigenvalue weighted by atomic mass is 10.1. The highest BCUT2D eigenvalue weighted by molar-refractivity contribution is 5.94. The van der Waals surface area contributed by atoms with Crippen LogP contribution >= 0.6 is 0 Å². The number of aromatic nitrogens is 4. The van der Waals surface area contributed by atoms with E-state index in [0.717, 1.165) is 47.1 Å². The second kappa shape index (κ2) is 8.65. The van der Waals surface area contributed by atoms with Gasteiger partial charge in [0, 0.05) is 55.1 Å². The Kier molecular flexibility index (Phi) is 5.54. The third-order valence-corrected chi connectivity index (χ3v) is 6.11. The first-order chi connectivity index (χ1) is 16.0. The monoisotopic (exact) mass is 440 g/mol. The van der Waals surface area contributed by atoms with Gasteiger partial charge in [-0.1, -0.05) is 26.0 Å². The Balaban J connectivity index is 1.27. The van der Waals surface area contributed by atoms with E-state index in [1.165, 1.54) is 0 Å². The molecule has 0 atom stereocenters. The summed E-state index contributed by atoms with van der Waals surface area (Å²) >= 11 is 0. The molecule has 3 heterocycles. The van der Waals surface area contributed by atoms with Gasteiger partial charge in [-0.15, -0.1) is 0 Å². The first kappa shape index (κ1) is 21.1. The second-order valence-corrected chi connectivity index (χ2v) is 8.81. The van der Waals surface area contributed by atoms with E-state index < -0.39 is 0 Å². The summed E-state index contributed by atoms with van der Waals surface area (Å²) in [5.74, 6) is 2.18. The lowest BCUT2D eigenvalue weighted by Gasteiger charge is -2.35. The quantitative estimate of drug-likeness (QED) is 0.476. The Bertz CT molecular complexity index is 1290. The average Bonchev–Trinajstić information content (AvgIpc) is 3.27. The van der Waals surface area contributed by atoms with Gasteiger partial charge in [0.25, 0.3) is 5.91 Å². The zero-order chi connectivity index (χ0) is 22.9. The number of amides is 1. The Morgan fingerprint density at radius 2 is 1.67 bits per heavy atom. The van der Waals surface area contributed by atoms with Crippen LogP contribution in [0.1, 0.15) is 41.6 Å². The molecule has 7 nitrogen and oxygen atoms in total. The van der Waals surface area contributed by atoms with Crippen LogP contribution in [0.3, 0.4) is 0 Å². The predicted molar refractivity (Wildman–Crippen MR) is 130 cm³/mol. The number of nitrogens with zero attached hydrogens (tertiary/aromatic N) is 6. The summed E-state index contributed by atoms with van der Waals surface area (Å²) in [5, 5.41) is 0. The molecule has 1 amide bonds. The van der Waals surface area contributed by atoms with Gasteiger partial charge in [0.2, 0.25) is 0 Å². The summed E-state index contributed by atoms with van der Waals surface area (Å²) in [6.07, 6.45) is 1.82. The fourth-order valence-corrected chi connectivity index (χ4v) is 4.25. The molecule has 4 aromatic rings. The molecule has 1 aliphatic rings. The van der Waals surface area contributed by atoms with Crippen LogP contribution in [0.5, 0.6) is 0 Å². The number of carbonyl (C=O) groups excluding carboxylic acids is 1. The van der Waals surface area contributed by atoms with Crippen molar-refractivity contribution in [3.63, 3.8) is 0 Å². The van der Waals surface area contributed by atoms with Gasteiger partial charge in [0.15, 0.2) is 0 Å². The van der Waals surface area contributed by atoms with Gasteiger partial charge in [-0.25, -0.2) is 15.0 Å². The van der Waals surface area contributed by atoms with E-state index in [1.807, 2.05) is 77.3 Å². The summed E-state index contributed by atoms with van der Waals surface area (Å²) in [6.45, 7) is 9.09. The molecule has 0 unspecified atom stereocenters. The zero-order valence-electron chi connectivity index (χ0n) is 19.3. The molecule has 5 rings (SSSR count). The van der Waals surface area contributed by atoms with Gasteiger partial charge in [-0.3, -0.25) is 9.36 Å². The zero-order valence-corrected chi connectivity index (χ0v) is 19.3. The molecule has 33 heavy (non-hydrogen) atoms. The Hall–Kier alpha value is -3.74. The summed E-state index contributed by atoms with van der Waals surface area (Å²) in [5.41, 5.74) is 4.68. The number of aryl methyl sites for hydroxylation is 1. The minimum atomic E-state index is 0.0680. The van der Waals surface area contributed by atoms with Crippen molar-refractivity contribution in [1.82, 2.24) is 24.4 Å². The number of rotatable bonds is 4. The van der Waals surface area contributed by atoms with E-state index >= 15 is 0 Å². The molecule has 1 saturated heterocycles. The van der Waals surface area contributed by atoms with Gasteiger partial charge >= 0.3 is 0 Å². The average molecular weight is 441 g/mol. The molecule has 0 N–H and O–H groups in total. The molecular formula is C26H28N6O. The minimum absolute atomic E-state index is 0.0680. The van der Waals surface area contributed by atoms with Crippen molar-refractivity contribution in [3.8, 4) is 5.69 Å². The summed E-state index contributed by atoms with van der Waals surface area (Å²) < 4.78 is 2.04. The van der Waals surface area contributed by atoms with E-state index in [-0.39, 0.29) is 11.8 Å². The standard InChI is InChI=1S/C26H28N6O/c1-18(2)25-28-19(3)16-24(29-25)30-12-14-31(15-13-30)26(33)20-8-10-21(11-9-20)32-17-27-22-6-4-5-7-23(22)32/h4-11,16-18H,12-15H2,1-3H3. The van der Waals surface area contributed by atoms with Crippen LogP contribution in [-0.2, 0) is 0 Å².